The molecule has 0 spiro atoms. The Hall–Kier alpha value is -2.17. The van der Waals surface area contributed by atoms with Crippen molar-refractivity contribution in [2.75, 3.05) is 13.1 Å². The standard InChI is InChI=1S/C20H26N4O/c1-15-13-22-20(17-6-9-21-10-7-17)24(15)18-8-11-23(14-18)19(25)12-16-4-2-3-5-16/h6-7,9-10,13,16,18H,2-5,8,11-12,14H2,1H3. The Balaban J connectivity index is 1.48. The van der Waals surface area contributed by atoms with E-state index in [4.69, 9.17) is 0 Å². The van der Waals surface area contributed by atoms with Crippen molar-refractivity contribution in [3.8, 4) is 11.4 Å². The number of rotatable bonds is 4. The topological polar surface area (TPSA) is 51.0 Å². The number of imidazole rings is 1. The number of hydrogen-bond acceptors (Lipinski definition) is 3. The third kappa shape index (κ3) is 3.32. The summed E-state index contributed by atoms with van der Waals surface area (Å²) in [6.07, 6.45) is 12.3. The van der Waals surface area contributed by atoms with E-state index >= 15 is 0 Å². The monoisotopic (exact) mass is 338 g/mol. The molecule has 1 atom stereocenters. The van der Waals surface area contributed by atoms with Crippen molar-refractivity contribution >= 4 is 5.91 Å². The van der Waals surface area contributed by atoms with Crippen LogP contribution in [0.4, 0.5) is 0 Å². The molecule has 5 nitrogen and oxygen atoms in total. The van der Waals surface area contributed by atoms with Crippen molar-refractivity contribution in [1.29, 1.82) is 0 Å². The van der Waals surface area contributed by atoms with E-state index in [0.717, 1.165) is 43.0 Å². The summed E-state index contributed by atoms with van der Waals surface area (Å²) in [5, 5.41) is 0. The maximum absolute atomic E-state index is 12.6. The van der Waals surface area contributed by atoms with Crippen LogP contribution in [0.25, 0.3) is 11.4 Å². The number of likely N-dealkylation sites (tertiary alicyclic amines) is 1. The van der Waals surface area contributed by atoms with Gasteiger partial charge in [-0.3, -0.25) is 9.78 Å². The number of carbonyl (C=O) groups is 1. The average Bonchev–Trinajstić information content (AvgIpc) is 3.36. The van der Waals surface area contributed by atoms with Crippen molar-refractivity contribution in [3.63, 3.8) is 0 Å². The maximum atomic E-state index is 12.6. The Morgan fingerprint density at radius 2 is 1.96 bits per heavy atom. The van der Waals surface area contributed by atoms with Crippen LogP contribution >= 0.6 is 0 Å². The van der Waals surface area contributed by atoms with Gasteiger partial charge in [-0.1, -0.05) is 12.8 Å². The lowest BCUT2D eigenvalue weighted by atomic mass is 10.0. The fraction of sp³-hybridized carbons (Fsp3) is 0.550. The predicted molar refractivity (Wildman–Crippen MR) is 97.0 cm³/mol. The molecule has 4 rings (SSSR count). The van der Waals surface area contributed by atoms with Gasteiger partial charge in [0, 0.05) is 49.4 Å². The van der Waals surface area contributed by atoms with Gasteiger partial charge in [0.25, 0.3) is 0 Å². The Bertz CT molecular complexity index is 733. The molecule has 5 heteroatoms. The van der Waals surface area contributed by atoms with E-state index in [1.807, 2.05) is 18.3 Å². The highest BCUT2D eigenvalue weighted by Gasteiger charge is 2.31. The van der Waals surface area contributed by atoms with Crippen LogP contribution < -0.4 is 0 Å². The van der Waals surface area contributed by atoms with E-state index in [-0.39, 0.29) is 0 Å². The van der Waals surface area contributed by atoms with Crippen LogP contribution in [0, 0.1) is 12.8 Å². The zero-order chi connectivity index (χ0) is 17.2. The van der Waals surface area contributed by atoms with E-state index in [1.54, 1.807) is 12.4 Å². The summed E-state index contributed by atoms with van der Waals surface area (Å²) in [6, 6.07) is 4.31. The highest BCUT2D eigenvalue weighted by atomic mass is 16.2. The van der Waals surface area contributed by atoms with Crippen molar-refractivity contribution in [2.24, 2.45) is 5.92 Å². The number of pyridine rings is 1. The Morgan fingerprint density at radius 1 is 1.20 bits per heavy atom. The number of amides is 1. The summed E-state index contributed by atoms with van der Waals surface area (Å²) in [5.74, 6) is 1.95. The van der Waals surface area contributed by atoms with Gasteiger partial charge in [0.1, 0.15) is 5.82 Å². The van der Waals surface area contributed by atoms with Gasteiger partial charge in [0.15, 0.2) is 0 Å². The number of aryl methyl sites for hydroxylation is 1. The molecule has 1 amide bonds. The quantitative estimate of drug-likeness (QED) is 0.856. The smallest absolute Gasteiger partial charge is 0.222 e. The molecule has 0 aromatic carbocycles. The zero-order valence-corrected chi connectivity index (χ0v) is 14.9. The van der Waals surface area contributed by atoms with Gasteiger partial charge in [-0.2, -0.15) is 0 Å². The fourth-order valence-corrected chi connectivity index (χ4v) is 4.39. The van der Waals surface area contributed by atoms with Crippen molar-refractivity contribution in [1.82, 2.24) is 19.4 Å². The third-order valence-electron chi connectivity index (χ3n) is 5.74. The van der Waals surface area contributed by atoms with Crippen LogP contribution in [0.15, 0.2) is 30.7 Å². The van der Waals surface area contributed by atoms with E-state index in [9.17, 15) is 4.79 Å². The van der Waals surface area contributed by atoms with Gasteiger partial charge in [-0.15, -0.1) is 0 Å². The molecule has 1 aliphatic carbocycles. The molecule has 0 N–H and O–H groups in total. The van der Waals surface area contributed by atoms with Gasteiger partial charge in [-0.25, -0.2) is 4.98 Å². The van der Waals surface area contributed by atoms with E-state index in [2.05, 4.69) is 26.4 Å². The minimum absolute atomic E-state index is 0.318. The molecule has 2 fully saturated rings. The molecule has 2 aromatic heterocycles. The van der Waals surface area contributed by atoms with Crippen LogP contribution in [-0.2, 0) is 4.79 Å². The molecule has 132 valence electrons. The third-order valence-corrected chi connectivity index (χ3v) is 5.74. The van der Waals surface area contributed by atoms with Crippen LogP contribution in [-0.4, -0.2) is 38.4 Å². The first-order chi connectivity index (χ1) is 12.2. The van der Waals surface area contributed by atoms with E-state index in [0.29, 0.717) is 17.9 Å². The van der Waals surface area contributed by atoms with Crippen molar-refractivity contribution in [2.45, 2.75) is 51.5 Å². The number of carbonyl (C=O) groups excluding carboxylic acids is 1. The second kappa shape index (κ2) is 6.98. The summed E-state index contributed by atoms with van der Waals surface area (Å²) in [4.78, 5) is 23.4. The van der Waals surface area contributed by atoms with Gasteiger partial charge in [0.2, 0.25) is 5.91 Å². The first-order valence-corrected chi connectivity index (χ1v) is 9.44. The van der Waals surface area contributed by atoms with E-state index < -0.39 is 0 Å². The normalized spacial score (nSPS) is 21.2. The SMILES string of the molecule is Cc1cnc(-c2ccncc2)n1C1CCN(C(=O)CC2CCCC2)C1. The van der Waals surface area contributed by atoms with Crippen molar-refractivity contribution in [3.05, 3.63) is 36.4 Å². The molecular weight excluding hydrogens is 312 g/mol. The second-order valence-electron chi connectivity index (χ2n) is 7.47. The zero-order valence-electron chi connectivity index (χ0n) is 14.9. The summed E-state index contributed by atoms with van der Waals surface area (Å²) in [6.45, 7) is 3.77. The molecule has 0 bridgehead atoms. The van der Waals surface area contributed by atoms with Crippen molar-refractivity contribution < 1.29 is 4.79 Å². The van der Waals surface area contributed by atoms with E-state index in [1.165, 1.54) is 25.7 Å². The number of hydrogen-bond donors (Lipinski definition) is 0. The van der Waals surface area contributed by atoms with Crippen LogP contribution in [0.5, 0.6) is 0 Å². The largest absolute Gasteiger partial charge is 0.341 e. The second-order valence-corrected chi connectivity index (χ2v) is 7.47. The number of aromatic nitrogens is 3. The lowest BCUT2D eigenvalue weighted by Crippen LogP contribution is -2.30. The van der Waals surface area contributed by atoms with Crippen LogP contribution in [0.1, 0.15) is 50.3 Å². The molecule has 3 heterocycles. The van der Waals surface area contributed by atoms with Crippen LogP contribution in [0.2, 0.25) is 0 Å². The molecule has 1 unspecified atom stereocenters. The molecule has 1 aliphatic heterocycles. The summed E-state index contributed by atoms with van der Waals surface area (Å²) in [5.41, 5.74) is 2.24. The Kier molecular flexibility index (Phi) is 4.55. The molecular formula is C20H26N4O. The molecule has 1 saturated heterocycles. The summed E-state index contributed by atoms with van der Waals surface area (Å²) in [7, 11) is 0. The van der Waals surface area contributed by atoms with Gasteiger partial charge in [-0.05, 0) is 44.2 Å². The number of nitrogens with zero attached hydrogens (tertiary/aromatic N) is 4. The molecule has 2 aliphatic rings. The van der Waals surface area contributed by atoms with Gasteiger partial charge < -0.3 is 9.47 Å². The minimum atomic E-state index is 0.318. The lowest BCUT2D eigenvalue weighted by molar-refractivity contribution is -0.131. The summed E-state index contributed by atoms with van der Waals surface area (Å²) < 4.78 is 2.30. The molecule has 1 saturated carbocycles. The van der Waals surface area contributed by atoms with Crippen LogP contribution in [0.3, 0.4) is 0 Å². The molecule has 25 heavy (non-hydrogen) atoms. The predicted octanol–water partition coefficient (Wildman–Crippen LogP) is 3.61. The molecule has 0 radical (unpaired) electrons. The lowest BCUT2D eigenvalue weighted by Gasteiger charge is -2.21. The fourth-order valence-electron chi connectivity index (χ4n) is 4.39. The average molecular weight is 338 g/mol. The summed E-state index contributed by atoms with van der Waals surface area (Å²) >= 11 is 0. The van der Waals surface area contributed by atoms with Gasteiger partial charge in [0.05, 0.1) is 6.04 Å². The Morgan fingerprint density at radius 3 is 2.72 bits per heavy atom. The highest BCUT2D eigenvalue weighted by molar-refractivity contribution is 5.76. The maximum Gasteiger partial charge on any atom is 0.222 e. The highest BCUT2D eigenvalue weighted by Crippen LogP contribution is 2.32. The minimum Gasteiger partial charge on any atom is -0.341 e. The Labute approximate surface area is 149 Å². The first kappa shape index (κ1) is 16.3. The first-order valence-electron chi connectivity index (χ1n) is 9.44. The molecule has 2 aromatic rings. The van der Waals surface area contributed by atoms with Gasteiger partial charge >= 0.3 is 0 Å².